The van der Waals surface area contributed by atoms with Crippen LogP contribution in [0.25, 0.3) is 0 Å². The monoisotopic (exact) mass is 289 g/mol. The van der Waals surface area contributed by atoms with Crippen molar-refractivity contribution < 1.29 is 8.42 Å². The van der Waals surface area contributed by atoms with Gasteiger partial charge in [-0.2, -0.15) is 0 Å². The largest absolute Gasteiger partial charge is 0.380 e. The van der Waals surface area contributed by atoms with Crippen LogP contribution in [-0.4, -0.2) is 14.7 Å². The van der Waals surface area contributed by atoms with Crippen LogP contribution in [-0.2, 0) is 22.8 Å². The molecule has 0 heterocycles. The number of anilines is 1. The van der Waals surface area contributed by atoms with Crippen LogP contribution >= 0.6 is 0 Å². The van der Waals surface area contributed by atoms with Crippen molar-refractivity contribution in [1.29, 1.82) is 0 Å². The van der Waals surface area contributed by atoms with Crippen molar-refractivity contribution in [1.82, 2.24) is 0 Å². The zero-order valence-corrected chi connectivity index (χ0v) is 12.6. The summed E-state index contributed by atoms with van der Waals surface area (Å²) in [5.41, 5.74) is 3.12. The Kier molecular flexibility index (Phi) is 4.45. The third-order valence-electron chi connectivity index (χ3n) is 3.26. The number of aryl methyl sites for hydroxylation is 1. The highest BCUT2D eigenvalue weighted by atomic mass is 32.2. The van der Waals surface area contributed by atoms with Crippen LogP contribution in [0.4, 0.5) is 5.69 Å². The summed E-state index contributed by atoms with van der Waals surface area (Å²) in [5.74, 6) is 0. The van der Waals surface area contributed by atoms with Gasteiger partial charge in [0, 0.05) is 12.8 Å². The van der Waals surface area contributed by atoms with E-state index >= 15 is 0 Å². The minimum atomic E-state index is -3.22. The summed E-state index contributed by atoms with van der Waals surface area (Å²) in [6, 6.07) is 15.2. The summed E-state index contributed by atoms with van der Waals surface area (Å²) in [5, 5.41) is 3.23. The maximum atomic E-state index is 11.7. The maximum absolute atomic E-state index is 11.7. The molecule has 2 aromatic rings. The van der Waals surface area contributed by atoms with Crippen molar-refractivity contribution in [3.05, 3.63) is 59.7 Å². The van der Waals surface area contributed by atoms with Crippen molar-refractivity contribution in [3.63, 3.8) is 0 Å². The first-order valence-electron chi connectivity index (χ1n) is 6.62. The third kappa shape index (κ3) is 3.39. The summed E-state index contributed by atoms with van der Waals surface area (Å²) in [7, 11) is -3.22. The number of hydrogen-bond donors (Lipinski definition) is 1. The highest BCUT2D eigenvalue weighted by Crippen LogP contribution is 2.21. The van der Waals surface area contributed by atoms with Crippen LogP contribution in [0, 0.1) is 0 Å². The molecule has 2 rings (SSSR count). The van der Waals surface area contributed by atoms with Gasteiger partial charge in [-0.1, -0.05) is 43.3 Å². The Balaban J connectivity index is 2.24. The second-order valence-electron chi connectivity index (χ2n) is 4.74. The second-order valence-corrected chi connectivity index (χ2v) is 6.73. The Labute approximate surface area is 120 Å². The van der Waals surface area contributed by atoms with Crippen molar-refractivity contribution in [2.24, 2.45) is 0 Å². The van der Waals surface area contributed by atoms with E-state index in [4.69, 9.17) is 0 Å². The van der Waals surface area contributed by atoms with Crippen molar-refractivity contribution >= 4 is 15.5 Å². The molecule has 0 radical (unpaired) electrons. The molecule has 0 aliphatic carbocycles. The van der Waals surface area contributed by atoms with E-state index in [-0.39, 0.29) is 0 Å². The van der Waals surface area contributed by atoms with Crippen LogP contribution in [0.2, 0.25) is 0 Å². The van der Waals surface area contributed by atoms with Gasteiger partial charge >= 0.3 is 0 Å². The van der Waals surface area contributed by atoms with Crippen LogP contribution in [0.15, 0.2) is 53.4 Å². The summed E-state index contributed by atoms with van der Waals surface area (Å²) >= 11 is 0. The third-order valence-corrected chi connectivity index (χ3v) is 4.41. The lowest BCUT2D eigenvalue weighted by Crippen LogP contribution is -2.07. The van der Waals surface area contributed by atoms with E-state index in [1.165, 1.54) is 17.4 Å². The van der Waals surface area contributed by atoms with E-state index in [2.05, 4.69) is 24.4 Å². The molecule has 0 atom stereocenters. The number of rotatable bonds is 5. The molecule has 2 aromatic carbocycles. The molecule has 106 valence electrons. The minimum absolute atomic E-state index is 0.342. The van der Waals surface area contributed by atoms with Gasteiger partial charge < -0.3 is 5.32 Å². The van der Waals surface area contributed by atoms with E-state index < -0.39 is 9.84 Å². The summed E-state index contributed by atoms with van der Waals surface area (Å²) < 4.78 is 23.5. The zero-order valence-electron chi connectivity index (χ0n) is 11.8. The Hall–Kier alpha value is -1.81. The van der Waals surface area contributed by atoms with Gasteiger partial charge in [0.2, 0.25) is 0 Å². The predicted molar refractivity (Wildman–Crippen MR) is 82.7 cm³/mol. The van der Waals surface area contributed by atoms with E-state index in [9.17, 15) is 8.42 Å². The number of para-hydroxylation sites is 1. The lowest BCUT2D eigenvalue weighted by Gasteiger charge is -2.13. The Morgan fingerprint density at radius 2 is 1.55 bits per heavy atom. The SMILES string of the molecule is CCc1ccccc1CNc1ccccc1S(C)(=O)=O. The number of hydrogen-bond acceptors (Lipinski definition) is 3. The van der Waals surface area contributed by atoms with Crippen molar-refractivity contribution in [2.75, 3.05) is 11.6 Å². The first-order valence-corrected chi connectivity index (χ1v) is 8.51. The van der Waals surface area contributed by atoms with Gasteiger partial charge in [0.25, 0.3) is 0 Å². The average molecular weight is 289 g/mol. The van der Waals surface area contributed by atoms with Crippen LogP contribution in [0.3, 0.4) is 0 Å². The molecule has 4 heteroatoms. The molecule has 0 amide bonds. The van der Waals surface area contributed by atoms with Crippen LogP contribution < -0.4 is 5.32 Å². The van der Waals surface area contributed by atoms with E-state index in [1.807, 2.05) is 18.2 Å². The van der Waals surface area contributed by atoms with Crippen molar-refractivity contribution in [2.45, 2.75) is 24.8 Å². The number of nitrogens with one attached hydrogen (secondary N) is 1. The molecule has 0 saturated heterocycles. The fraction of sp³-hybridized carbons (Fsp3) is 0.250. The second kappa shape index (κ2) is 6.09. The van der Waals surface area contributed by atoms with Crippen LogP contribution in [0.1, 0.15) is 18.1 Å². The fourth-order valence-corrected chi connectivity index (χ4v) is 3.07. The molecule has 1 N–H and O–H groups in total. The fourth-order valence-electron chi connectivity index (χ4n) is 2.20. The zero-order chi connectivity index (χ0) is 14.6. The highest BCUT2D eigenvalue weighted by molar-refractivity contribution is 7.90. The molecule has 0 bridgehead atoms. The van der Waals surface area contributed by atoms with Gasteiger partial charge in [-0.15, -0.1) is 0 Å². The van der Waals surface area contributed by atoms with Gasteiger partial charge in [-0.3, -0.25) is 0 Å². The molecule has 0 aliphatic rings. The molecule has 3 nitrogen and oxygen atoms in total. The molecular formula is C16H19NO2S. The Morgan fingerprint density at radius 1 is 0.950 bits per heavy atom. The predicted octanol–water partition coefficient (Wildman–Crippen LogP) is 3.26. The lowest BCUT2D eigenvalue weighted by molar-refractivity contribution is 0.602. The molecule has 0 aromatic heterocycles. The van der Waals surface area contributed by atoms with Gasteiger partial charge in [0.05, 0.1) is 10.6 Å². The summed E-state index contributed by atoms with van der Waals surface area (Å²) in [6.45, 7) is 2.74. The Morgan fingerprint density at radius 3 is 2.20 bits per heavy atom. The highest BCUT2D eigenvalue weighted by Gasteiger charge is 2.12. The Bertz CT molecular complexity index is 693. The normalized spacial score (nSPS) is 11.3. The molecule has 0 fully saturated rings. The maximum Gasteiger partial charge on any atom is 0.177 e. The molecule has 0 unspecified atom stereocenters. The number of sulfone groups is 1. The molecular weight excluding hydrogens is 270 g/mol. The van der Waals surface area contributed by atoms with E-state index in [0.29, 0.717) is 17.1 Å². The van der Waals surface area contributed by atoms with Gasteiger partial charge in [-0.05, 0) is 29.7 Å². The standard InChI is InChI=1S/C16H19NO2S/c1-3-13-8-4-5-9-14(13)12-17-15-10-6-7-11-16(15)20(2,18)19/h4-11,17H,3,12H2,1-2H3. The summed E-state index contributed by atoms with van der Waals surface area (Å²) in [6.07, 6.45) is 2.19. The van der Waals surface area contributed by atoms with Crippen LogP contribution in [0.5, 0.6) is 0 Å². The van der Waals surface area contributed by atoms with Gasteiger partial charge in [0.15, 0.2) is 9.84 Å². The first-order chi connectivity index (χ1) is 9.52. The minimum Gasteiger partial charge on any atom is -0.380 e. The first kappa shape index (κ1) is 14.6. The van der Waals surface area contributed by atoms with Gasteiger partial charge in [-0.25, -0.2) is 8.42 Å². The van der Waals surface area contributed by atoms with Gasteiger partial charge in [0.1, 0.15) is 0 Å². The average Bonchev–Trinajstić information content (AvgIpc) is 2.44. The van der Waals surface area contributed by atoms with E-state index in [0.717, 1.165) is 6.42 Å². The quantitative estimate of drug-likeness (QED) is 0.919. The molecule has 20 heavy (non-hydrogen) atoms. The number of benzene rings is 2. The van der Waals surface area contributed by atoms with E-state index in [1.54, 1.807) is 18.2 Å². The topological polar surface area (TPSA) is 46.2 Å². The lowest BCUT2D eigenvalue weighted by atomic mass is 10.1. The molecule has 0 saturated carbocycles. The van der Waals surface area contributed by atoms with Crippen molar-refractivity contribution in [3.8, 4) is 0 Å². The molecule has 0 spiro atoms. The summed E-state index contributed by atoms with van der Waals surface area (Å²) in [4.78, 5) is 0.342. The smallest absolute Gasteiger partial charge is 0.177 e. The molecule has 0 aliphatic heterocycles.